The highest BCUT2D eigenvalue weighted by atomic mass is 79.9. The summed E-state index contributed by atoms with van der Waals surface area (Å²) in [4.78, 5) is 44.8. The van der Waals surface area contributed by atoms with Crippen molar-refractivity contribution in [2.45, 2.75) is 19.0 Å². The van der Waals surface area contributed by atoms with Crippen LogP contribution in [0.15, 0.2) is 77.3 Å². The van der Waals surface area contributed by atoms with Crippen molar-refractivity contribution in [3.63, 3.8) is 0 Å². The minimum absolute atomic E-state index is 0. The van der Waals surface area contributed by atoms with Crippen LogP contribution >= 0.6 is 39.9 Å². The average Bonchev–Trinajstić information content (AvgIpc) is 3.14. The fourth-order valence-electron chi connectivity index (χ4n) is 5.58. The minimum Gasteiger partial charge on any atom is -0.496 e. The predicted octanol–water partition coefficient (Wildman–Crippen LogP) is 5.83. The summed E-state index contributed by atoms with van der Waals surface area (Å²) in [5.41, 5.74) is 6.59. The first-order valence-electron chi connectivity index (χ1n) is 13.7. The second-order valence-electron chi connectivity index (χ2n) is 10.6. The fraction of sp³-hybridized carbons (Fsp3) is 0.212. The van der Waals surface area contributed by atoms with Crippen molar-refractivity contribution < 1.29 is 19.1 Å². The van der Waals surface area contributed by atoms with Gasteiger partial charge in [0.25, 0.3) is 5.91 Å². The Balaban J connectivity index is 0.00000461. The van der Waals surface area contributed by atoms with Crippen LogP contribution in [0.2, 0.25) is 5.02 Å². The van der Waals surface area contributed by atoms with E-state index in [2.05, 4.69) is 21.2 Å². The van der Waals surface area contributed by atoms with Crippen molar-refractivity contribution in [2.24, 2.45) is 11.7 Å². The first-order chi connectivity index (χ1) is 21.0. The van der Waals surface area contributed by atoms with Crippen LogP contribution in [0.25, 0.3) is 10.8 Å². The molecule has 0 aliphatic carbocycles. The van der Waals surface area contributed by atoms with Gasteiger partial charge in [0.05, 0.1) is 42.6 Å². The Bertz CT molecular complexity index is 1850. The number of ether oxygens (including phenoxy) is 1. The van der Waals surface area contributed by atoms with Gasteiger partial charge in [0.15, 0.2) is 0 Å². The van der Waals surface area contributed by atoms with Crippen LogP contribution in [0.4, 0.5) is 11.4 Å². The Kier molecular flexibility index (Phi) is 10.1. The van der Waals surface area contributed by atoms with Gasteiger partial charge in [-0.1, -0.05) is 39.7 Å². The summed E-state index contributed by atoms with van der Waals surface area (Å²) in [5.74, 6) is -2.15. The lowest BCUT2D eigenvalue weighted by Crippen LogP contribution is -2.63. The minimum atomic E-state index is -1.53. The molecule has 1 aliphatic heterocycles. The van der Waals surface area contributed by atoms with E-state index in [9.17, 15) is 19.6 Å². The molecule has 3 amide bonds. The number of carbonyl (C=O) groups is 3. The smallest absolute Gasteiger partial charge is 0.258 e. The van der Waals surface area contributed by atoms with Gasteiger partial charge in [-0.05, 0) is 85.4 Å². The highest BCUT2D eigenvalue weighted by Crippen LogP contribution is 2.42. The normalized spacial score (nSPS) is 15.7. The highest BCUT2D eigenvalue weighted by molar-refractivity contribution is 9.10. The van der Waals surface area contributed by atoms with Crippen molar-refractivity contribution in [1.82, 2.24) is 5.32 Å². The van der Waals surface area contributed by atoms with Gasteiger partial charge in [-0.15, -0.1) is 12.4 Å². The molecule has 1 aliphatic rings. The number of rotatable bonds is 7. The molecule has 0 fully saturated rings. The number of amides is 3. The molecule has 3 N–H and O–H groups in total. The lowest BCUT2D eigenvalue weighted by molar-refractivity contribution is -0.133. The van der Waals surface area contributed by atoms with Gasteiger partial charge in [-0.25, -0.2) is 0 Å². The molecule has 0 radical (unpaired) electrons. The van der Waals surface area contributed by atoms with E-state index in [1.807, 2.05) is 36.4 Å². The zero-order valence-corrected chi connectivity index (χ0v) is 27.8. The predicted molar refractivity (Wildman–Crippen MR) is 181 cm³/mol. The van der Waals surface area contributed by atoms with Crippen LogP contribution in [0.5, 0.6) is 5.75 Å². The first-order valence-corrected chi connectivity index (χ1v) is 14.9. The number of likely N-dealkylation sites (N-methyl/N-ethyl adjacent to an activating group) is 1. The zero-order valence-electron chi connectivity index (χ0n) is 24.6. The number of nitrogens with two attached hydrogens (primary N) is 1. The summed E-state index contributed by atoms with van der Waals surface area (Å²) in [7, 11) is 3.11. The lowest BCUT2D eigenvalue weighted by atomic mass is 9.83. The van der Waals surface area contributed by atoms with Crippen molar-refractivity contribution in [1.29, 1.82) is 5.26 Å². The molecule has 4 aromatic rings. The Morgan fingerprint density at radius 1 is 1.11 bits per heavy atom. The number of hydrogen-bond acceptors (Lipinski definition) is 6. The molecule has 0 spiro atoms. The van der Waals surface area contributed by atoms with E-state index < -0.39 is 29.2 Å². The molecule has 12 heteroatoms. The molecule has 232 valence electrons. The molecular formula is C33H30BrCl2N5O4. The maximum absolute atomic E-state index is 14.7. The van der Waals surface area contributed by atoms with Crippen molar-refractivity contribution in [3.05, 3.63) is 99.0 Å². The molecule has 0 aromatic heterocycles. The average molecular weight is 711 g/mol. The van der Waals surface area contributed by atoms with E-state index in [0.29, 0.717) is 33.3 Å². The third-order valence-electron chi connectivity index (χ3n) is 8.30. The molecule has 0 saturated carbocycles. The quantitative estimate of drug-likeness (QED) is 0.248. The molecule has 0 bridgehead atoms. The van der Waals surface area contributed by atoms with Crippen molar-refractivity contribution in [2.75, 3.05) is 30.5 Å². The van der Waals surface area contributed by atoms with Crippen LogP contribution in [-0.2, 0) is 16.1 Å². The van der Waals surface area contributed by atoms with Gasteiger partial charge < -0.3 is 25.6 Å². The number of nitriles is 1. The van der Waals surface area contributed by atoms with Gasteiger partial charge >= 0.3 is 0 Å². The summed E-state index contributed by atoms with van der Waals surface area (Å²) in [6, 6.07) is 22.8. The number of methoxy groups -OCH3 is 1. The Hall–Kier alpha value is -4.14. The number of carbonyl (C=O) groups excluding carboxylic acids is 3. The molecule has 4 aromatic carbocycles. The Morgan fingerprint density at radius 3 is 2.44 bits per heavy atom. The second kappa shape index (κ2) is 13.5. The maximum Gasteiger partial charge on any atom is 0.258 e. The molecule has 2 atom stereocenters. The summed E-state index contributed by atoms with van der Waals surface area (Å²) in [6.07, 6.45) is 0. The van der Waals surface area contributed by atoms with E-state index in [4.69, 9.17) is 22.1 Å². The summed E-state index contributed by atoms with van der Waals surface area (Å²) in [5, 5.41) is 14.3. The first kappa shape index (κ1) is 33.7. The number of fused-ring (bicyclic) bond motifs is 2. The molecule has 9 nitrogen and oxygen atoms in total. The van der Waals surface area contributed by atoms with Gasteiger partial charge in [-0.3, -0.25) is 14.4 Å². The van der Waals surface area contributed by atoms with Crippen LogP contribution in [0, 0.1) is 17.2 Å². The van der Waals surface area contributed by atoms with Gasteiger partial charge in [0, 0.05) is 27.2 Å². The summed E-state index contributed by atoms with van der Waals surface area (Å²) >= 11 is 10.1. The van der Waals surface area contributed by atoms with E-state index in [-0.39, 0.29) is 25.5 Å². The third kappa shape index (κ3) is 6.09. The molecule has 1 heterocycles. The van der Waals surface area contributed by atoms with Crippen LogP contribution < -0.4 is 25.6 Å². The van der Waals surface area contributed by atoms with Crippen molar-refractivity contribution in [3.8, 4) is 11.8 Å². The molecule has 0 saturated heterocycles. The van der Waals surface area contributed by atoms with E-state index in [0.717, 1.165) is 20.8 Å². The second-order valence-corrected chi connectivity index (χ2v) is 11.9. The molecular weight excluding hydrogens is 681 g/mol. The SMILES string of the molecule is CNC(C)(C(N)=O)[C@@H]1CN(C(=O)c2ccc(C#N)cc2)c2cc(Cl)ccc2N(Cc2c(OC)ccc3c(Br)cccc23)C1=O.Cl. The maximum atomic E-state index is 14.7. The number of nitrogens with zero attached hydrogens (tertiary/aromatic N) is 3. The summed E-state index contributed by atoms with van der Waals surface area (Å²) in [6.45, 7) is 1.43. The number of halogens is 3. The number of benzene rings is 4. The van der Waals surface area contributed by atoms with Crippen LogP contribution in [0.3, 0.4) is 0 Å². The number of anilines is 2. The number of nitrogens with one attached hydrogen (secondary N) is 1. The van der Waals surface area contributed by atoms with E-state index in [1.165, 1.54) is 4.90 Å². The van der Waals surface area contributed by atoms with Crippen LogP contribution in [-0.4, -0.2) is 44.0 Å². The summed E-state index contributed by atoms with van der Waals surface area (Å²) < 4.78 is 6.63. The molecule has 5 rings (SSSR count). The number of hydrogen-bond donors (Lipinski definition) is 2. The van der Waals surface area contributed by atoms with Crippen molar-refractivity contribution >= 4 is 79.8 Å². The Morgan fingerprint density at radius 2 is 1.82 bits per heavy atom. The van der Waals surface area contributed by atoms with Crippen LogP contribution in [0.1, 0.15) is 28.4 Å². The van der Waals surface area contributed by atoms with Gasteiger partial charge in [-0.2, -0.15) is 5.26 Å². The largest absolute Gasteiger partial charge is 0.496 e. The standard InChI is InChI=1S/C33H29BrClN5O4.ClH/c1-33(38-2,32(37)43)25-18-40(30(41)20-9-7-19(16-36)8-10-20)28-15-21(35)11-13-27(28)39(31(25)42)17-24-22-5-4-6-26(34)23(22)12-14-29(24)44-3;/h4-15,25,38H,17-18H2,1-3H3,(H2,37,43);1H/t25-,33?;/m1./s1. The van der Waals surface area contributed by atoms with E-state index >= 15 is 0 Å². The lowest BCUT2D eigenvalue weighted by Gasteiger charge is -2.36. The zero-order chi connectivity index (χ0) is 31.8. The Labute approximate surface area is 280 Å². The van der Waals surface area contributed by atoms with E-state index in [1.54, 1.807) is 68.4 Å². The van der Waals surface area contributed by atoms with Gasteiger partial charge in [0.2, 0.25) is 11.8 Å². The monoisotopic (exact) mass is 709 g/mol. The third-order valence-corrected chi connectivity index (χ3v) is 9.22. The molecule has 45 heavy (non-hydrogen) atoms. The number of primary amides is 1. The van der Waals surface area contributed by atoms with Gasteiger partial charge in [0.1, 0.15) is 11.3 Å². The topological polar surface area (TPSA) is 129 Å². The fourth-order valence-corrected chi connectivity index (χ4v) is 6.24. The molecule has 1 unspecified atom stereocenters. The highest BCUT2D eigenvalue weighted by Gasteiger charge is 2.49.